The summed E-state index contributed by atoms with van der Waals surface area (Å²) in [5, 5.41) is 3.54. The number of imidazole rings is 1. The maximum atomic E-state index is 4.67. The number of nitrogens with one attached hydrogen (secondary N) is 1. The lowest BCUT2D eigenvalue weighted by Crippen LogP contribution is -2.35. The van der Waals surface area contributed by atoms with Gasteiger partial charge in [-0.15, -0.1) is 0 Å². The molecule has 19 heavy (non-hydrogen) atoms. The minimum Gasteiger partial charge on any atom is -0.313 e. The molecule has 4 nitrogen and oxygen atoms in total. The molecule has 1 N–H and O–H groups in total. The highest BCUT2D eigenvalue weighted by Crippen LogP contribution is 2.11. The Balaban J connectivity index is 1.66. The number of rotatable bonds is 4. The first-order valence-corrected chi connectivity index (χ1v) is 7.07. The van der Waals surface area contributed by atoms with Gasteiger partial charge in [0.05, 0.1) is 5.69 Å². The van der Waals surface area contributed by atoms with Crippen LogP contribution in [0.15, 0.2) is 24.5 Å². The summed E-state index contributed by atoms with van der Waals surface area (Å²) in [6.07, 6.45) is 6.88. The summed E-state index contributed by atoms with van der Waals surface area (Å²) < 4.78 is 2.12. The molecule has 0 bridgehead atoms. The van der Waals surface area contributed by atoms with Crippen LogP contribution in [-0.4, -0.2) is 40.5 Å². The lowest BCUT2D eigenvalue weighted by molar-refractivity contribution is 0.290. The van der Waals surface area contributed by atoms with Crippen LogP contribution in [0.3, 0.4) is 0 Å². The van der Waals surface area contributed by atoms with Crippen LogP contribution in [0, 0.1) is 6.92 Å². The standard InChI is InChI=1S/C15H22N4/c1-12-5-6-15-17-14(11-19(15)8-12)10-18(2)9-13-4-3-7-16-13/h5-6,8,11,13,16H,3-4,7,9-10H2,1-2H3. The Bertz CT molecular complexity index is 554. The van der Waals surface area contributed by atoms with Crippen molar-refractivity contribution in [3.63, 3.8) is 0 Å². The van der Waals surface area contributed by atoms with Gasteiger partial charge in [0.15, 0.2) is 0 Å². The monoisotopic (exact) mass is 258 g/mol. The zero-order chi connectivity index (χ0) is 13.2. The van der Waals surface area contributed by atoms with E-state index in [1.54, 1.807) is 0 Å². The molecule has 1 aliphatic rings. The fourth-order valence-corrected chi connectivity index (χ4v) is 2.86. The van der Waals surface area contributed by atoms with E-state index in [9.17, 15) is 0 Å². The summed E-state index contributed by atoms with van der Waals surface area (Å²) in [5.74, 6) is 0. The van der Waals surface area contributed by atoms with Gasteiger partial charge < -0.3 is 9.72 Å². The van der Waals surface area contributed by atoms with Crippen molar-refractivity contribution in [3.05, 3.63) is 35.8 Å². The number of fused-ring (bicyclic) bond motifs is 1. The van der Waals surface area contributed by atoms with Gasteiger partial charge in [0.1, 0.15) is 5.65 Å². The molecule has 2 aromatic heterocycles. The topological polar surface area (TPSA) is 32.6 Å². The normalized spacial score (nSPS) is 19.6. The molecule has 3 rings (SSSR count). The largest absolute Gasteiger partial charge is 0.313 e. The molecule has 0 radical (unpaired) electrons. The third kappa shape index (κ3) is 2.96. The number of aromatic nitrogens is 2. The van der Waals surface area contributed by atoms with Crippen molar-refractivity contribution in [2.45, 2.75) is 32.4 Å². The Kier molecular flexibility index (Phi) is 3.53. The lowest BCUT2D eigenvalue weighted by atomic mass is 10.2. The zero-order valence-electron chi connectivity index (χ0n) is 11.8. The number of hydrogen-bond acceptors (Lipinski definition) is 3. The number of likely N-dealkylation sites (N-methyl/N-ethyl adjacent to an activating group) is 1. The molecule has 1 atom stereocenters. The Hall–Kier alpha value is -1.39. The highest BCUT2D eigenvalue weighted by atomic mass is 15.1. The third-order valence-electron chi connectivity index (χ3n) is 3.78. The molecule has 2 aromatic rings. The Morgan fingerprint density at radius 3 is 3.11 bits per heavy atom. The van der Waals surface area contributed by atoms with Crippen LogP contribution in [0.2, 0.25) is 0 Å². The van der Waals surface area contributed by atoms with Gasteiger partial charge in [0.2, 0.25) is 0 Å². The van der Waals surface area contributed by atoms with E-state index in [0.29, 0.717) is 6.04 Å². The van der Waals surface area contributed by atoms with Crippen LogP contribution in [0.4, 0.5) is 0 Å². The molecule has 1 unspecified atom stereocenters. The van der Waals surface area contributed by atoms with Gasteiger partial charge in [-0.25, -0.2) is 4.98 Å². The van der Waals surface area contributed by atoms with Crippen LogP contribution >= 0.6 is 0 Å². The van der Waals surface area contributed by atoms with E-state index in [-0.39, 0.29) is 0 Å². The molecule has 0 saturated carbocycles. The predicted octanol–water partition coefficient (Wildman–Crippen LogP) is 1.83. The summed E-state index contributed by atoms with van der Waals surface area (Å²) in [6, 6.07) is 4.85. The minimum atomic E-state index is 0.657. The van der Waals surface area contributed by atoms with Crippen LogP contribution in [0.25, 0.3) is 5.65 Å². The molecule has 0 spiro atoms. The fraction of sp³-hybridized carbons (Fsp3) is 0.533. The number of nitrogens with zero attached hydrogens (tertiary/aromatic N) is 3. The van der Waals surface area contributed by atoms with Crippen molar-refractivity contribution in [2.75, 3.05) is 20.1 Å². The van der Waals surface area contributed by atoms with Gasteiger partial charge >= 0.3 is 0 Å². The SMILES string of the molecule is Cc1ccc2nc(CN(C)CC3CCCN3)cn2c1. The highest BCUT2D eigenvalue weighted by Gasteiger charge is 2.16. The summed E-state index contributed by atoms with van der Waals surface area (Å²) >= 11 is 0. The molecular weight excluding hydrogens is 236 g/mol. The van der Waals surface area contributed by atoms with E-state index in [1.165, 1.54) is 24.9 Å². The second-order valence-corrected chi connectivity index (χ2v) is 5.69. The van der Waals surface area contributed by atoms with E-state index < -0.39 is 0 Å². The molecule has 0 aromatic carbocycles. The maximum Gasteiger partial charge on any atom is 0.137 e. The van der Waals surface area contributed by atoms with Gasteiger partial charge in [0.25, 0.3) is 0 Å². The quantitative estimate of drug-likeness (QED) is 0.908. The summed E-state index contributed by atoms with van der Waals surface area (Å²) in [6.45, 7) is 5.30. The van der Waals surface area contributed by atoms with E-state index in [4.69, 9.17) is 0 Å². The molecule has 1 aliphatic heterocycles. The fourth-order valence-electron chi connectivity index (χ4n) is 2.86. The molecule has 1 saturated heterocycles. The Labute approximate surface area is 114 Å². The van der Waals surface area contributed by atoms with Gasteiger partial charge in [0, 0.05) is 31.5 Å². The zero-order valence-corrected chi connectivity index (χ0v) is 11.8. The highest BCUT2D eigenvalue weighted by molar-refractivity contribution is 5.41. The van der Waals surface area contributed by atoms with Crippen molar-refractivity contribution in [3.8, 4) is 0 Å². The smallest absolute Gasteiger partial charge is 0.137 e. The first-order valence-electron chi connectivity index (χ1n) is 7.07. The van der Waals surface area contributed by atoms with E-state index in [2.05, 4.69) is 58.1 Å². The van der Waals surface area contributed by atoms with E-state index in [1.807, 2.05) is 0 Å². The second kappa shape index (κ2) is 5.31. The molecule has 0 aliphatic carbocycles. The van der Waals surface area contributed by atoms with Crippen molar-refractivity contribution >= 4 is 5.65 Å². The minimum absolute atomic E-state index is 0.657. The molecule has 0 amide bonds. The van der Waals surface area contributed by atoms with Gasteiger partial charge in [-0.05, 0) is 45.0 Å². The maximum absolute atomic E-state index is 4.67. The molecule has 1 fully saturated rings. The van der Waals surface area contributed by atoms with Gasteiger partial charge in [-0.2, -0.15) is 0 Å². The summed E-state index contributed by atoms with van der Waals surface area (Å²) in [7, 11) is 2.18. The Morgan fingerprint density at radius 2 is 2.32 bits per heavy atom. The first-order chi connectivity index (χ1) is 9.20. The van der Waals surface area contributed by atoms with E-state index in [0.717, 1.165) is 24.4 Å². The van der Waals surface area contributed by atoms with Crippen LogP contribution < -0.4 is 5.32 Å². The Morgan fingerprint density at radius 1 is 1.42 bits per heavy atom. The average Bonchev–Trinajstić information content (AvgIpc) is 2.97. The predicted molar refractivity (Wildman–Crippen MR) is 77.3 cm³/mol. The van der Waals surface area contributed by atoms with Crippen LogP contribution in [0.5, 0.6) is 0 Å². The second-order valence-electron chi connectivity index (χ2n) is 5.69. The first kappa shape index (κ1) is 12.6. The van der Waals surface area contributed by atoms with Gasteiger partial charge in [-0.3, -0.25) is 4.90 Å². The van der Waals surface area contributed by atoms with Gasteiger partial charge in [-0.1, -0.05) is 6.07 Å². The molecule has 102 valence electrons. The van der Waals surface area contributed by atoms with Crippen molar-refractivity contribution < 1.29 is 0 Å². The molecule has 3 heterocycles. The number of hydrogen-bond donors (Lipinski definition) is 1. The van der Waals surface area contributed by atoms with Crippen molar-refractivity contribution in [2.24, 2.45) is 0 Å². The van der Waals surface area contributed by atoms with Crippen molar-refractivity contribution in [1.82, 2.24) is 19.6 Å². The number of aryl methyl sites for hydroxylation is 1. The van der Waals surface area contributed by atoms with Crippen LogP contribution in [-0.2, 0) is 6.54 Å². The average molecular weight is 258 g/mol. The molecular formula is C15H22N4. The van der Waals surface area contributed by atoms with Crippen LogP contribution in [0.1, 0.15) is 24.1 Å². The third-order valence-corrected chi connectivity index (χ3v) is 3.78. The number of pyridine rings is 1. The molecule has 4 heteroatoms. The van der Waals surface area contributed by atoms with Crippen molar-refractivity contribution in [1.29, 1.82) is 0 Å². The summed E-state index contributed by atoms with van der Waals surface area (Å²) in [5.41, 5.74) is 3.44. The summed E-state index contributed by atoms with van der Waals surface area (Å²) in [4.78, 5) is 7.03. The lowest BCUT2D eigenvalue weighted by Gasteiger charge is -2.19. The van der Waals surface area contributed by atoms with E-state index >= 15 is 0 Å².